The number of hydrogen-bond acceptors (Lipinski definition) is 4. The van der Waals surface area contributed by atoms with Crippen LogP contribution in [0.1, 0.15) is 48.1 Å². The molecule has 0 spiro atoms. The average Bonchev–Trinajstić information content (AvgIpc) is 2.94. The summed E-state index contributed by atoms with van der Waals surface area (Å²) in [7, 11) is 0. The van der Waals surface area contributed by atoms with Crippen LogP contribution >= 0.6 is 15.9 Å². The molecule has 23 heavy (non-hydrogen) atoms. The summed E-state index contributed by atoms with van der Waals surface area (Å²) in [5, 5.41) is 13.3. The minimum absolute atomic E-state index is 0.101. The van der Waals surface area contributed by atoms with Crippen LogP contribution in [0.5, 0.6) is 0 Å². The van der Waals surface area contributed by atoms with Crippen LogP contribution in [-0.4, -0.2) is 27.2 Å². The second-order valence-corrected chi connectivity index (χ2v) is 6.47. The van der Waals surface area contributed by atoms with Crippen molar-refractivity contribution < 1.29 is 4.79 Å². The maximum absolute atomic E-state index is 12.9. The second-order valence-electron chi connectivity index (χ2n) is 5.72. The second kappa shape index (κ2) is 6.13. The van der Waals surface area contributed by atoms with Crippen LogP contribution in [0.2, 0.25) is 0 Å². The van der Waals surface area contributed by atoms with Crippen molar-refractivity contribution in [3.8, 4) is 6.07 Å². The fourth-order valence-corrected chi connectivity index (χ4v) is 3.49. The molecule has 0 bridgehead atoms. The van der Waals surface area contributed by atoms with Crippen LogP contribution in [0, 0.1) is 11.3 Å². The highest BCUT2D eigenvalue weighted by Gasteiger charge is 2.28. The smallest absolute Gasteiger partial charge is 0.262 e. The van der Waals surface area contributed by atoms with Gasteiger partial charge < -0.3 is 4.90 Å². The highest BCUT2D eigenvalue weighted by molar-refractivity contribution is 9.10. The maximum Gasteiger partial charge on any atom is 0.262 e. The molecule has 0 N–H and O–H groups in total. The molecule has 1 aliphatic heterocycles. The molecule has 1 amide bonds. The molecule has 2 aromatic rings. The van der Waals surface area contributed by atoms with Crippen molar-refractivity contribution >= 4 is 27.5 Å². The molecular formula is C16H16BrN5O. The first-order valence-corrected chi connectivity index (χ1v) is 8.27. The van der Waals surface area contributed by atoms with Gasteiger partial charge in [0.25, 0.3) is 5.91 Å². The molecule has 0 atom stereocenters. The van der Waals surface area contributed by atoms with Crippen LogP contribution in [-0.2, 0) is 6.42 Å². The van der Waals surface area contributed by atoms with E-state index in [1.165, 1.54) is 0 Å². The molecule has 1 aliphatic rings. The van der Waals surface area contributed by atoms with E-state index in [-0.39, 0.29) is 11.9 Å². The Hall–Kier alpha value is -2.20. The average molecular weight is 374 g/mol. The van der Waals surface area contributed by atoms with E-state index in [9.17, 15) is 4.79 Å². The summed E-state index contributed by atoms with van der Waals surface area (Å²) in [4.78, 5) is 19.0. The number of halogens is 1. The summed E-state index contributed by atoms with van der Waals surface area (Å²) in [5.74, 6) is -0.101. The topological polar surface area (TPSA) is 74.8 Å². The van der Waals surface area contributed by atoms with E-state index >= 15 is 0 Å². The number of rotatable bonds is 2. The Balaban J connectivity index is 1.98. The summed E-state index contributed by atoms with van der Waals surface area (Å²) >= 11 is 3.48. The number of aryl methyl sites for hydroxylation is 1. The zero-order chi connectivity index (χ0) is 16.6. The van der Waals surface area contributed by atoms with Crippen molar-refractivity contribution in [3.63, 3.8) is 0 Å². The number of nitriles is 1. The number of pyridine rings is 1. The Morgan fingerprint density at radius 2 is 2.22 bits per heavy atom. The first-order valence-electron chi connectivity index (χ1n) is 7.47. The van der Waals surface area contributed by atoms with Crippen LogP contribution in [0.3, 0.4) is 0 Å². The molecule has 7 heteroatoms. The lowest BCUT2D eigenvalue weighted by atomic mass is 10.1. The Bertz CT molecular complexity index is 805. The van der Waals surface area contributed by atoms with E-state index < -0.39 is 0 Å². The molecule has 6 nitrogen and oxygen atoms in total. The summed E-state index contributed by atoms with van der Waals surface area (Å²) in [6.07, 6.45) is 3.20. The fraction of sp³-hybridized carbons (Fsp3) is 0.375. The maximum atomic E-state index is 12.9. The number of anilines is 1. The molecule has 0 saturated carbocycles. The fourth-order valence-electron chi connectivity index (χ4n) is 2.72. The van der Waals surface area contributed by atoms with Crippen molar-refractivity contribution in [2.24, 2.45) is 0 Å². The summed E-state index contributed by atoms with van der Waals surface area (Å²) in [6, 6.07) is 5.66. The van der Waals surface area contributed by atoms with Crippen LogP contribution in [0.25, 0.3) is 0 Å². The number of aromatic nitrogens is 3. The van der Waals surface area contributed by atoms with Crippen molar-refractivity contribution in [2.45, 2.75) is 32.7 Å². The normalized spacial score (nSPS) is 13.8. The lowest BCUT2D eigenvalue weighted by molar-refractivity contribution is 0.0984. The minimum Gasteiger partial charge on any atom is -0.306 e. The Morgan fingerprint density at radius 3 is 2.87 bits per heavy atom. The molecule has 118 valence electrons. The van der Waals surface area contributed by atoms with Gasteiger partial charge in [0.1, 0.15) is 16.4 Å². The number of carbonyl (C=O) groups excluding carboxylic acids is 1. The zero-order valence-electron chi connectivity index (χ0n) is 13.0. The standard InChI is InChI=1S/C16H16BrN5O/c1-10(2)22-15(17)12(9-19-22)16(23)21-7-3-4-13-14(21)6-5-11(8-18)20-13/h5-6,9-10H,3-4,7H2,1-2H3. The third-order valence-electron chi connectivity index (χ3n) is 3.85. The zero-order valence-corrected chi connectivity index (χ0v) is 14.5. The highest BCUT2D eigenvalue weighted by Crippen LogP contribution is 2.29. The van der Waals surface area contributed by atoms with Gasteiger partial charge in [-0.3, -0.25) is 9.48 Å². The van der Waals surface area contributed by atoms with E-state index in [1.807, 2.05) is 19.9 Å². The molecule has 0 aromatic carbocycles. The molecule has 0 saturated heterocycles. The number of hydrogen-bond donors (Lipinski definition) is 0. The van der Waals surface area contributed by atoms with Gasteiger partial charge in [0, 0.05) is 12.6 Å². The van der Waals surface area contributed by atoms with E-state index in [4.69, 9.17) is 5.26 Å². The van der Waals surface area contributed by atoms with Crippen LogP contribution < -0.4 is 4.90 Å². The SMILES string of the molecule is CC(C)n1ncc(C(=O)N2CCCc3nc(C#N)ccc32)c1Br. The van der Waals surface area contributed by atoms with Gasteiger partial charge in [0.2, 0.25) is 0 Å². The van der Waals surface area contributed by atoms with Crippen molar-refractivity contribution in [1.29, 1.82) is 5.26 Å². The monoisotopic (exact) mass is 373 g/mol. The van der Waals surface area contributed by atoms with Gasteiger partial charge in [-0.2, -0.15) is 10.4 Å². The van der Waals surface area contributed by atoms with Gasteiger partial charge in [0.05, 0.1) is 23.1 Å². The molecule has 0 aliphatic carbocycles. The molecule has 3 rings (SSSR count). The first-order chi connectivity index (χ1) is 11.0. The third-order valence-corrected chi connectivity index (χ3v) is 4.64. The predicted molar refractivity (Wildman–Crippen MR) is 89.3 cm³/mol. The highest BCUT2D eigenvalue weighted by atomic mass is 79.9. The Kier molecular flexibility index (Phi) is 4.18. The molecule has 0 radical (unpaired) electrons. The molecular weight excluding hydrogens is 358 g/mol. The number of nitrogens with zero attached hydrogens (tertiary/aromatic N) is 5. The molecule has 0 unspecified atom stereocenters. The van der Waals surface area contributed by atoms with E-state index in [1.54, 1.807) is 27.9 Å². The van der Waals surface area contributed by atoms with Crippen LogP contribution in [0.4, 0.5) is 5.69 Å². The largest absolute Gasteiger partial charge is 0.306 e. The van der Waals surface area contributed by atoms with Gasteiger partial charge in [0.15, 0.2) is 0 Å². The van der Waals surface area contributed by atoms with Gasteiger partial charge in [-0.15, -0.1) is 0 Å². The summed E-state index contributed by atoms with van der Waals surface area (Å²) in [5.41, 5.74) is 2.50. The third kappa shape index (κ3) is 2.75. The van der Waals surface area contributed by atoms with Gasteiger partial charge in [-0.25, -0.2) is 4.98 Å². The summed E-state index contributed by atoms with van der Waals surface area (Å²) < 4.78 is 2.46. The van der Waals surface area contributed by atoms with Crippen molar-refractivity contribution in [1.82, 2.24) is 14.8 Å². The van der Waals surface area contributed by atoms with Gasteiger partial charge in [-0.05, 0) is 54.8 Å². The number of fused-ring (bicyclic) bond motifs is 1. The lowest BCUT2D eigenvalue weighted by Gasteiger charge is -2.28. The van der Waals surface area contributed by atoms with E-state index in [2.05, 4.69) is 26.0 Å². The van der Waals surface area contributed by atoms with Crippen molar-refractivity contribution in [2.75, 3.05) is 11.4 Å². The van der Waals surface area contributed by atoms with Crippen molar-refractivity contribution in [3.05, 3.63) is 39.9 Å². The minimum atomic E-state index is -0.101. The molecule has 0 fully saturated rings. The Labute approximate surface area is 142 Å². The summed E-state index contributed by atoms with van der Waals surface area (Å²) in [6.45, 7) is 4.66. The Morgan fingerprint density at radius 1 is 1.43 bits per heavy atom. The van der Waals surface area contributed by atoms with Gasteiger partial charge in [-0.1, -0.05) is 0 Å². The first kappa shape index (κ1) is 15.7. The number of carbonyl (C=O) groups is 1. The van der Waals surface area contributed by atoms with Crippen LogP contribution in [0.15, 0.2) is 22.9 Å². The van der Waals surface area contributed by atoms with E-state index in [0.29, 0.717) is 22.4 Å². The number of amides is 1. The quantitative estimate of drug-likeness (QED) is 0.810. The predicted octanol–water partition coefficient (Wildman–Crippen LogP) is 3.09. The lowest BCUT2D eigenvalue weighted by Crippen LogP contribution is -2.36. The molecule has 3 heterocycles. The van der Waals surface area contributed by atoms with E-state index in [0.717, 1.165) is 24.2 Å². The van der Waals surface area contributed by atoms with Gasteiger partial charge >= 0.3 is 0 Å². The molecule has 2 aromatic heterocycles.